The quantitative estimate of drug-likeness (QED) is 0.738. The number of rotatable bonds is 4. The van der Waals surface area contributed by atoms with Gasteiger partial charge in [0.15, 0.2) is 0 Å². The van der Waals surface area contributed by atoms with E-state index in [-0.39, 0.29) is 24.3 Å². The number of nitrogens with zero attached hydrogens (tertiary/aromatic N) is 1. The number of amides is 1. The summed E-state index contributed by atoms with van der Waals surface area (Å²) in [4.78, 5) is 23.9. The van der Waals surface area contributed by atoms with E-state index in [9.17, 15) is 9.59 Å². The van der Waals surface area contributed by atoms with Gasteiger partial charge in [0.2, 0.25) is 0 Å². The van der Waals surface area contributed by atoms with E-state index in [1.807, 2.05) is 42.5 Å². The van der Waals surface area contributed by atoms with Gasteiger partial charge in [-0.2, -0.15) is 0 Å². The fourth-order valence-electron chi connectivity index (χ4n) is 2.54. The molecule has 26 heavy (non-hydrogen) atoms. The zero-order chi connectivity index (χ0) is 18.4. The van der Waals surface area contributed by atoms with E-state index < -0.39 is 5.91 Å². The molecule has 0 bridgehead atoms. The molecule has 5 nitrogen and oxygen atoms in total. The maximum absolute atomic E-state index is 12.0. The molecular weight excluding hydrogens is 328 g/mol. The number of aryl methyl sites for hydroxylation is 1. The predicted octanol–water partition coefficient (Wildman–Crippen LogP) is 2.35. The van der Waals surface area contributed by atoms with Crippen molar-refractivity contribution in [1.29, 1.82) is 0 Å². The molecule has 0 saturated carbocycles. The molecule has 0 atom stereocenters. The molecule has 0 spiro atoms. The van der Waals surface area contributed by atoms with Gasteiger partial charge in [-0.05, 0) is 23.6 Å². The van der Waals surface area contributed by atoms with Crippen LogP contribution in [0.2, 0.25) is 0 Å². The molecule has 3 rings (SSSR count). The topological polar surface area (TPSA) is 60.3 Å². The van der Waals surface area contributed by atoms with Gasteiger partial charge in [-0.1, -0.05) is 48.2 Å². The molecule has 0 saturated heterocycles. The maximum Gasteiger partial charge on any atom is 0.263 e. The van der Waals surface area contributed by atoms with Gasteiger partial charge in [0.25, 0.3) is 11.5 Å². The van der Waals surface area contributed by atoms with Crippen molar-refractivity contribution in [3.8, 4) is 17.6 Å². The summed E-state index contributed by atoms with van der Waals surface area (Å²) < 4.78 is 7.07. The van der Waals surface area contributed by atoms with Crippen LogP contribution in [0, 0.1) is 11.8 Å². The van der Waals surface area contributed by atoms with Crippen LogP contribution >= 0.6 is 0 Å². The number of carbonyl (C=O) groups excluding carboxylic acids is 1. The van der Waals surface area contributed by atoms with Crippen molar-refractivity contribution in [3.05, 3.63) is 76.7 Å². The Morgan fingerprint density at radius 3 is 2.77 bits per heavy atom. The van der Waals surface area contributed by atoms with Crippen molar-refractivity contribution < 1.29 is 9.53 Å². The van der Waals surface area contributed by atoms with Gasteiger partial charge < -0.3 is 14.6 Å². The first-order valence-electron chi connectivity index (χ1n) is 8.17. The second-order valence-corrected chi connectivity index (χ2v) is 5.64. The number of ether oxygens (including phenoxy) is 1. The molecule has 5 heteroatoms. The monoisotopic (exact) mass is 346 g/mol. The summed E-state index contributed by atoms with van der Waals surface area (Å²) in [5.74, 6) is 6.02. The second-order valence-electron chi connectivity index (χ2n) is 5.64. The molecule has 1 aromatic heterocycles. The molecule has 0 aliphatic carbocycles. The molecule has 0 fully saturated rings. The molecule has 2 aromatic carbocycles. The summed E-state index contributed by atoms with van der Waals surface area (Å²) in [5, 5.41) is 4.75. The molecule has 0 unspecified atom stereocenters. The molecular formula is C21H18N2O3. The van der Waals surface area contributed by atoms with Crippen molar-refractivity contribution in [2.24, 2.45) is 7.05 Å². The van der Waals surface area contributed by atoms with Crippen LogP contribution in [-0.4, -0.2) is 23.6 Å². The Labute approximate surface area is 151 Å². The molecule has 1 N–H and O–H groups in total. The van der Waals surface area contributed by atoms with Gasteiger partial charge in [0, 0.05) is 18.6 Å². The minimum Gasteiger partial charge on any atom is -0.480 e. The molecule has 0 aliphatic rings. The molecule has 1 amide bonds. The third-order valence-corrected chi connectivity index (χ3v) is 3.88. The second kappa shape index (κ2) is 8.04. The summed E-state index contributed by atoms with van der Waals surface area (Å²) >= 11 is 0. The Morgan fingerprint density at radius 2 is 1.88 bits per heavy atom. The minimum absolute atomic E-state index is 0.101. The lowest BCUT2D eigenvalue weighted by Crippen LogP contribution is -2.32. The Morgan fingerprint density at radius 1 is 1.08 bits per heavy atom. The van der Waals surface area contributed by atoms with Gasteiger partial charge in [0.05, 0.1) is 6.54 Å². The fraction of sp³-hybridized carbons (Fsp3) is 0.143. The Balaban J connectivity index is 1.54. The zero-order valence-electron chi connectivity index (χ0n) is 14.4. The number of hydrogen-bond donors (Lipinski definition) is 1. The van der Waals surface area contributed by atoms with Crippen LogP contribution in [0.25, 0.3) is 10.8 Å². The van der Waals surface area contributed by atoms with Crippen molar-refractivity contribution in [2.45, 2.75) is 0 Å². The van der Waals surface area contributed by atoms with E-state index in [0.29, 0.717) is 0 Å². The number of aromatic nitrogens is 1. The van der Waals surface area contributed by atoms with E-state index in [1.54, 1.807) is 19.3 Å². The largest absolute Gasteiger partial charge is 0.480 e. The number of pyridine rings is 1. The van der Waals surface area contributed by atoms with Crippen LogP contribution in [0.1, 0.15) is 10.4 Å². The first-order chi connectivity index (χ1) is 12.7. The normalized spacial score (nSPS) is 10.0. The number of fused-ring (bicyclic) bond motifs is 1. The summed E-state index contributed by atoms with van der Waals surface area (Å²) in [5.41, 5.74) is -0.235. The highest BCUT2D eigenvalue weighted by atomic mass is 16.5. The van der Waals surface area contributed by atoms with Crippen LogP contribution in [0.15, 0.2) is 65.6 Å². The van der Waals surface area contributed by atoms with Gasteiger partial charge >= 0.3 is 0 Å². The van der Waals surface area contributed by atoms with Gasteiger partial charge in [-0.15, -0.1) is 0 Å². The average molecular weight is 346 g/mol. The number of benzene rings is 2. The van der Waals surface area contributed by atoms with Crippen LogP contribution in [-0.2, 0) is 7.05 Å². The fourth-order valence-corrected chi connectivity index (χ4v) is 2.54. The lowest BCUT2D eigenvalue weighted by Gasteiger charge is -2.06. The first-order valence-corrected chi connectivity index (χ1v) is 8.17. The van der Waals surface area contributed by atoms with Crippen molar-refractivity contribution in [2.75, 3.05) is 13.2 Å². The number of carbonyl (C=O) groups is 1. The Bertz CT molecular complexity index is 1050. The maximum atomic E-state index is 12.0. The Hall–Kier alpha value is -3.52. The summed E-state index contributed by atoms with van der Waals surface area (Å²) in [6.45, 7) is 0.368. The van der Waals surface area contributed by atoms with Crippen LogP contribution in [0.5, 0.6) is 5.75 Å². The highest BCUT2D eigenvalue weighted by molar-refractivity contribution is 5.93. The first kappa shape index (κ1) is 17.3. The van der Waals surface area contributed by atoms with Crippen LogP contribution in [0.4, 0.5) is 0 Å². The van der Waals surface area contributed by atoms with E-state index in [1.165, 1.54) is 10.6 Å². The van der Waals surface area contributed by atoms with Crippen LogP contribution in [0.3, 0.4) is 0 Å². The van der Waals surface area contributed by atoms with Gasteiger partial charge in [0.1, 0.15) is 17.9 Å². The molecule has 3 aromatic rings. The molecule has 0 aliphatic heterocycles. The predicted molar refractivity (Wildman–Crippen MR) is 101 cm³/mol. The minimum atomic E-state index is -0.435. The van der Waals surface area contributed by atoms with Crippen molar-refractivity contribution in [1.82, 2.24) is 9.88 Å². The third-order valence-electron chi connectivity index (χ3n) is 3.88. The number of hydrogen-bond acceptors (Lipinski definition) is 3. The van der Waals surface area contributed by atoms with E-state index in [0.717, 1.165) is 16.5 Å². The molecule has 130 valence electrons. The standard InChI is InChI=1S/C21H18N2O3/c1-23-14-7-11-18(21(23)25)20(24)22-13-4-5-15-26-19-12-6-9-16-8-2-3-10-17(16)19/h2-3,6-12,14H,13,15H2,1H3,(H,22,24). The lowest BCUT2D eigenvalue weighted by atomic mass is 10.1. The zero-order valence-corrected chi connectivity index (χ0v) is 14.4. The van der Waals surface area contributed by atoms with Gasteiger partial charge in [-0.25, -0.2) is 0 Å². The van der Waals surface area contributed by atoms with E-state index in [2.05, 4.69) is 17.2 Å². The van der Waals surface area contributed by atoms with Gasteiger partial charge in [-0.3, -0.25) is 9.59 Å². The summed E-state index contributed by atoms with van der Waals surface area (Å²) in [7, 11) is 1.60. The Kier molecular flexibility index (Phi) is 5.35. The SMILES string of the molecule is Cn1cccc(C(=O)NCC#CCOc2cccc3ccccc23)c1=O. The molecule has 1 heterocycles. The third kappa shape index (κ3) is 3.93. The smallest absolute Gasteiger partial charge is 0.263 e. The van der Waals surface area contributed by atoms with Crippen molar-refractivity contribution >= 4 is 16.7 Å². The highest BCUT2D eigenvalue weighted by Gasteiger charge is 2.09. The van der Waals surface area contributed by atoms with Crippen LogP contribution < -0.4 is 15.6 Å². The van der Waals surface area contributed by atoms with E-state index >= 15 is 0 Å². The average Bonchev–Trinajstić information content (AvgIpc) is 2.66. The van der Waals surface area contributed by atoms with Crippen molar-refractivity contribution in [3.63, 3.8) is 0 Å². The number of nitrogens with one attached hydrogen (secondary N) is 1. The lowest BCUT2D eigenvalue weighted by molar-refractivity contribution is 0.0956. The summed E-state index contributed by atoms with van der Waals surface area (Å²) in [6.07, 6.45) is 1.60. The molecule has 0 radical (unpaired) electrons. The summed E-state index contributed by atoms with van der Waals surface area (Å²) in [6, 6.07) is 17.0. The highest BCUT2D eigenvalue weighted by Crippen LogP contribution is 2.24. The van der Waals surface area contributed by atoms with E-state index in [4.69, 9.17) is 4.74 Å².